The van der Waals surface area contributed by atoms with E-state index in [1.165, 1.54) is 5.57 Å². The lowest BCUT2D eigenvalue weighted by atomic mass is 9.92. The lowest BCUT2D eigenvalue weighted by Crippen LogP contribution is -2.21. The van der Waals surface area contributed by atoms with Gasteiger partial charge >= 0.3 is 0 Å². The maximum atomic E-state index is 6.02. The number of hydrogen-bond donors (Lipinski definition) is 2. The molecule has 1 aliphatic rings. The van der Waals surface area contributed by atoms with Gasteiger partial charge in [0.25, 0.3) is 0 Å². The normalized spacial score (nSPS) is 31.3. The van der Waals surface area contributed by atoms with Crippen molar-refractivity contribution in [1.82, 2.24) is 0 Å². The molecule has 0 amide bonds. The van der Waals surface area contributed by atoms with Crippen molar-refractivity contribution in [3.05, 3.63) is 23.8 Å². The molecule has 86 valence electrons. The molecule has 0 radical (unpaired) electrons. The van der Waals surface area contributed by atoms with E-state index in [0.717, 1.165) is 25.7 Å². The quantitative estimate of drug-likeness (QED) is 0.699. The average Bonchev–Trinajstić information content (AvgIpc) is 2.11. The molecule has 0 aromatic heterocycles. The Morgan fingerprint density at radius 1 is 1.53 bits per heavy atom. The van der Waals surface area contributed by atoms with Gasteiger partial charge in [-0.15, -0.1) is 0 Å². The molecule has 1 rings (SSSR count). The van der Waals surface area contributed by atoms with Gasteiger partial charge in [-0.3, -0.25) is 0 Å². The molecule has 0 fully saturated rings. The fourth-order valence-corrected chi connectivity index (χ4v) is 1.98. The van der Waals surface area contributed by atoms with Crippen molar-refractivity contribution in [3.63, 3.8) is 0 Å². The third kappa shape index (κ3) is 5.14. The van der Waals surface area contributed by atoms with Crippen LogP contribution in [0.5, 0.6) is 0 Å². The van der Waals surface area contributed by atoms with Crippen LogP contribution >= 0.6 is 0 Å². The molecule has 0 aromatic rings. The minimum Gasteiger partial charge on any atom is -0.328 e. The monoisotopic (exact) mass is 208 g/mol. The average molecular weight is 208 g/mol. The summed E-state index contributed by atoms with van der Waals surface area (Å²) in [6.07, 6.45) is 11.0. The standard InChI is InChI=1S/C13H24N2/c1-10-4-3-5-13(15)9-12(8-10)7-6-11(2)14/h3-4,8,10-11,13H,5-7,9,14-15H2,1-2H3/b4-3-,12-8?. The predicted octanol–water partition coefficient (Wildman–Crippen LogP) is 2.35. The van der Waals surface area contributed by atoms with Crippen molar-refractivity contribution in [2.24, 2.45) is 17.4 Å². The third-order valence-corrected chi connectivity index (χ3v) is 2.82. The molecule has 0 heterocycles. The van der Waals surface area contributed by atoms with Gasteiger partial charge in [-0.1, -0.05) is 30.7 Å². The molecule has 3 atom stereocenters. The van der Waals surface area contributed by atoms with E-state index in [1.54, 1.807) is 0 Å². The van der Waals surface area contributed by atoms with Gasteiger partial charge in [0.15, 0.2) is 0 Å². The van der Waals surface area contributed by atoms with Crippen molar-refractivity contribution in [2.45, 2.75) is 51.6 Å². The molecule has 0 aliphatic heterocycles. The van der Waals surface area contributed by atoms with Gasteiger partial charge in [-0.05, 0) is 38.5 Å². The van der Waals surface area contributed by atoms with Crippen molar-refractivity contribution < 1.29 is 0 Å². The Morgan fingerprint density at radius 2 is 2.27 bits per heavy atom. The Kier molecular flexibility index (Phi) is 5.06. The van der Waals surface area contributed by atoms with Crippen molar-refractivity contribution >= 4 is 0 Å². The lowest BCUT2D eigenvalue weighted by molar-refractivity contribution is 0.601. The largest absolute Gasteiger partial charge is 0.328 e. The van der Waals surface area contributed by atoms with Crippen LogP contribution in [0, 0.1) is 5.92 Å². The fourth-order valence-electron chi connectivity index (χ4n) is 1.98. The summed E-state index contributed by atoms with van der Waals surface area (Å²) in [4.78, 5) is 0. The molecule has 4 N–H and O–H groups in total. The van der Waals surface area contributed by atoms with E-state index in [2.05, 4.69) is 32.1 Å². The van der Waals surface area contributed by atoms with Crippen LogP contribution in [0.4, 0.5) is 0 Å². The highest BCUT2D eigenvalue weighted by atomic mass is 14.6. The van der Waals surface area contributed by atoms with Gasteiger partial charge in [-0.25, -0.2) is 0 Å². The van der Waals surface area contributed by atoms with Gasteiger partial charge < -0.3 is 11.5 Å². The zero-order valence-electron chi connectivity index (χ0n) is 9.95. The van der Waals surface area contributed by atoms with E-state index in [9.17, 15) is 0 Å². The molecule has 0 spiro atoms. The van der Waals surface area contributed by atoms with Crippen LogP contribution in [-0.4, -0.2) is 12.1 Å². The summed E-state index contributed by atoms with van der Waals surface area (Å²) in [7, 11) is 0. The second-order valence-corrected chi connectivity index (χ2v) is 4.83. The predicted molar refractivity (Wildman–Crippen MR) is 66.5 cm³/mol. The minimum atomic E-state index is 0.285. The SMILES string of the molecule is CC1C=C(CCC(C)N)CC(N)C/C=C\1. The first-order valence-corrected chi connectivity index (χ1v) is 5.95. The number of allylic oxidation sites excluding steroid dienone is 2. The zero-order valence-corrected chi connectivity index (χ0v) is 9.95. The zero-order chi connectivity index (χ0) is 11.3. The second kappa shape index (κ2) is 6.09. The van der Waals surface area contributed by atoms with Crippen molar-refractivity contribution in [2.75, 3.05) is 0 Å². The third-order valence-electron chi connectivity index (χ3n) is 2.82. The van der Waals surface area contributed by atoms with E-state index in [0.29, 0.717) is 12.0 Å². The van der Waals surface area contributed by atoms with Crippen LogP contribution in [0.2, 0.25) is 0 Å². The van der Waals surface area contributed by atoms with Gasteiger partial charge in [-0.2, -0.15) is 0 Å². The summed E-state index contributed by atoms with van der Waals surface area (Å²) in [6.45, 7) is 4.28. The molecule has 0 aromatic carbocycles. The Morgan fingerprint density at radius 3 is 2.93 bits per heavy atom. The van der Waals surface area contributed by atoms with Crippen LogP contribution in [0.1, 0.15) is 39.5 Å². The minimum absolute atomic E-state index is 0.285. The summed E-state index contributed by atoms with van der Waals surface area (Å²) in [5.41, 5.74) is 13.3. The fraction of sp³-hybridized carbons (Fsp3) is 0.692. The van der Waals surface area contributed by atoms with E-state index >= 15 is 0 Å². The first kappa shape index (κ1) is 12.5. The number of hydrogen-bond acceptors (Lipinski definition) is 2. The highest BCUT2D eigenvalue weighted by Crippen LogP contribution is 2.20. The highest BCUT2D eigenvalue weighted by molar-refractivity contribution is 5.13. The van der Waals surface area contributed by atoms with Crippen LogP contribution in [0.3, 0.4) is 0 Å². The maximum Gasteiger partial charge on any atom is 0.0111 e. The van der Waals surface area contributed by atoms with Crippen LogP contribution in [0.15, 0.2) is 23.8 Å². The second-order valence-electron chi connectivity index (χ2n) is 4.83. The van der Waals surface area contributed by atoms with E-state index in [-0.39, 0.29) is 6.04 Å². The first-order valence-electron chi connectivity index (χ1n) is 5.95. The molecule has 2 heteroatoms. The molecule has 0 bridgehead atoms. The molecule has 2 nitrogen and oxygen atoms in total. The molecule has 15 heavy (non-hydrogen) atoms. The van der Waals surface area contributed by atoms with Gasteiger partial charge in [0.05, 0.1) is 0 Å². The van der Waals surface area contributed by atoms with Crippen molar-refractivity contribution in [1.29, 1.82) is 0 Å². The summed E-state index contributed by atoms with van der Waals surface area (Å²) in [5.74, 6) is 0.542. The Bertz CT molecular complexity index is 241. The maximum absolute atomic E-state index is 6.02. The van der Waals surface area contributed by atoms with E-state index in [4.69, 9.17) is 11.5 Å². The smallest absolute Gasteiger partial charge is 0.0111 e. The topological polar surface area (TPSA) is 52.0 Å². The molecule has 3 unspecified atom stereocenters. The Hall–Kier alpha value is -0.600. The summed E-state index contributed by atoms with van der Waals surface area (Å²) in [6, 6.07) is 0.575. The molecule has 0 saturated carbocycles. The first-order chi connectivity index (χ1) is 7.08. The van der Waals surface area contributed by atoms with Gasteiger partial charge in [0, 0.05) is 12.1 Å². The number of nitrogens with two attached hydrogens (primary N) is 2. The van der Waals surface area contributed by atoms with Crippen molar-refractivity contribution in [3.8, 4) is 0 Å². The van der Waals surface area contributed by atoms with Gasteiger partial charge in [0.2, 0.25) is 0 Å². The Balaban J connectivity index is 2.56. The Labute approximate surface area is 93.4 Å². The molecular weight excluding hydrogens is 184 g/mol. The van der Waals surface area contributed by atoms with Crippen LogP contribution in [-0.2, 0) is 0 Å². The molecule has 1 aliphatic carbocycles. The van der Waals surface area contributed by atoms with Crippen LogP contribution < -0.4 is 11.5 Å². The lowest BCUT2D eigenvalue weighted by Gasteiger charge is -2.17. The summed E-state index contributed by atoms with van der Waals surface area (Å²) < 4.78 is 0. The molecule has 0 saturated heterocycles. The van der Waals surface area contributed by atoms with Crippen LogP contribution in [0.25, 0.3) is 0 Å². The van der Waals surface area contributed by atoms with E-state index in [1.807, 2.05) is 0 Å². The van der Waals surface area contributed by atoms with E-state index < -0.39 is 0 Å². The highest BCUT2D eigenvalue weighted by Gasteiger charge is 2.09. The molecular formula is C13H24N2. The summed E-state index contributed by atoms with van der Waals surface area (Å²) >= 11 is 0. The number of rotatable bonds is 3. The van der Waals surface area contributed by atoms with Gasteiger partial charge in [0.1, 0.15) is 0 Å². The summed E-state index contributed by atoms with van der Waals surface area (Å²) in [5, 5.41) is 0.